The molecule has 0 spiro atoms. The number of fused-ring (bicyclic) bond motifs is 1. The van der Waals surface area contributed by atoms with Crippen molar-refractivity contribution in [3.8, 4) is 0 Å². The lowest BCUT2D eigenvalue weighted by atomic mass is 9.34. The first kappa shape index (κ1) is 22.5. The molecule has 5 fully saturated rings. The maximum Gasteiger partial charge on any atom is 0.394 e. The Hall–Kier alpha value is -2.69. The molecule has 4 aliphatic carbocycles. The van der Waals surface area contributed by atoms with Crippen molar-refractivity contribution in [1.29, 1.82) is 0 Å². The Balaban J connectivity index is 1.25. The predicted molar refractivity (Wildman–Crippen MR) is 126 cm³/mol. The van der Waals surface area contributed by atoms with Crippen molar-refractivity contribution >= 4 is 17.1 Å². The highest BCUT2D eigenvalue weighted by Crippen LogP contribution is 2.78. The van der Waals surface area contributed by atoms with Gasteiger partial charge in [-0.3, -0.25) is 4.68 Å². The van der Waals surface area contributed by atoms with Crippen molar-refractivity contribution in [2.45, 2.75) is 74.6 Å². The maximum atomic E-state index is 13.7. The first-order valence-corrected chi connectivity index (χ1v) is 12.7. The highest BCUT2D eigenvalue weighted by Gasteiger charge is 2.79. The van der Waals surface area contributed by atoms with Gasteiger partial charge in [0.15, 0.2) is 5.65 Å². The molecule has 2 bridgehead atoms. The number of ether oxygens (including phenoxy) is 1. The van der Waals surface area contributed by atoms with Gasteiger partial charge in [0, 0.05) is 50.8 Å². The van der Waals surface area contributed by atoms with Crippen molar-refractivity contribution in [3.63, 3.8) is 0 Å². The highest BCUT2D eigenvalue weighted by atomic mass is 19.4. The molecule has 36 heavy (non-hydrogen) atoms. The van der Waals surface area contributed by atoms with E-state index in [1.54, 1.807) is 0 Å². The standard InChI is InChI=1S/C25H30F3N7O/c1-33(2)22-32-21-18(34(22)3)19(23-11-24(12-23,13-23)25(26,27)28)30-20(31-21)14-6-7-36-17(8-14)15-9-29-35(10-15)16-4-5-16/h9-10,14,16-17H,4-8,11-13H2,1-3H3/t14-,17+,23?,24?/m0/s1. The van der Waals surface area contributed by atoms with E-state index in [-0.39, 0.29) is 31.3 Å². The molecule has 11 heteroatoms. The molecule has 8 nitrogen and oxygen atoms in total. The molecule has 3 aromatic heterocycles. The molecule has 5 aliphatic rings. The number of rotatable bonds is 5. The second-order valence-corrected chi connectivity index (χ2v) is 11.6. The summed E-state index contributed by atoms with van der Waals surface area (Å²) in [6.45, 7) is 0.578. The topological polar surface area (TPSA) is 73.9 Å². The summed E-state index contributed by atoms with van der Waals surface area (Å²) >= 11 is 0. The number of nitrogens with zero attached hydrogens (tertiary/aromatic N) is 7. The van der Waals surface area contributed by atoms with Crippen LogP contribution in [0, 0.1) is 5.41 Å². The third kappa shape index (κ3) is 3.10. The van der Waals surface area contributed by atoms with E-state index in [9.17, 15) is 13.2 Å². The number of hydrogen-bond donors (Lipinski definition) is 0. The number of aromatic nitrogens is 6. The Morgan fingerprint density at radius 2 is 1.83 bits per heavy atom. The lowest BCUT2D eigenvalue weighted by molar-refractivity contribution is -0.337. The molecule has 1 saturated heterocycles. The van der Waals surface area contributed by atoms with Gasteiger partial charge in [0.1, 0.15) is 11.3 Å². The number of anilines is 1. The fourth-order valence-electron chi connectivity index (χ4n) is 6.73. The van der Waals surface area contributed by atoms with Gasteiger partial charge >= 0.3 is 6.18 Å². The van der Waals surface area contributed by atoms with Crippen LogP contribution in [0.1, 0.15) is 80.1 Å². The minimum atomic E-state index is -4.16. The van der Waals surface area contributed by atoms with Gasteiger partial charge in [-0.1, -0.05) is 0 Å². The zero-order chi connectivity index (χ0) is 25.0. The molecule has 1 aliphatic heterocycles. The van der Waals surface area contributed by atoms with Crippen LogP contribution in [0.4, 0.5) is 19.1 Å². The molecule has 0 amide bonds. The summed E-state index contributed by atoms with van der Waals surface area (Å²) < 4.78 is 51.0. The summed E-state index contributed by atoms with van der Waals surface area (Å²) in [6, 6.07) is 0.509. The Kier molecular flexibility index (Phi) is 4.50. The van der Waals surface area contributed by atoms with E-state index < -0.39 is 17.0 Å². The summed E-state index contributed by atoms with van der Waals surface area (Å²) in [4.78, 5) is 16.6. The Morgan fingerprint density at radius 3 is 2.50 bits per heavy atom. The van der Waals surface area contributed by atoms with Crippen molar-refractivity contribution < 1.29 is 17.9 Å². The molecule has 4 heterocycles. The zero-order valence-corrected chi connectivity index (χ0v) is 20.7. The van der Waals surface area contributed by atoms with Crippen LogP contribution in [0.25, 0.3) is 11.2 Å². The van der Waals surface area contributed by atoms with Gasteiger partial charge in [-0.05, 0) is 44.9 Å². The number of imidazole rings is 1. The van der Waals surface area contributed by atoms with E-state index in [1.165, 1.54) is 12.8 Å². The van der Waals surface area contributed by atoms with Crippen molar-refractivity contribution in [2.75, 3.05) is 25.6 Å². The van der Waals surface area contributed by atoms with Crippen molar-refractivity contribution in [2.24, 2.45) is 12.5 Å². The third-order valence-corrected chi connectivity index (χ3v) is 8.82. The monoisotopic (exact) mass is 501 g/mol. The van der Waals surface area contributed by atoms with E-state index in [2.05, 4.69) is 11.3 Å². The van der Waals surface area contributed by atoms with Crippen molar-refractivity contribution in [1.82, 2.24) is 29.3 Å². The molecule has 2 atom stereocenters. The van der Waals surface area contributed by atoms with Crippen LogP contribution in [-0.2, 0) is 17.2 Å². The number of aryl methyl sites for hydroxylation is 1. The lowest BCUT2D eigenvalue weighted by Gasteiger charge is -2.70. The van der Waals surface area contributed by atoms with Gasteiger partial charge in [-0.2, -0.15) is 23.3 Å². The van der Waals surface area contributed by atoms with E-state index in [0.717, 1.165) is 23.2 Å². The summed E-state index contributed by atoms with van der Waals surface area (Å²) in [5.74, 6) is 1.44. The van der Waals surface area contributed by atoms with Gasteiger partial charge in [-0.15, -0.1) is 0 Å². The Labute approximate surface area is 206 Å². The SMILES string of the molecule is CN(C)c1nc2nc([C@H]3CCO[C@@H](c4cnn(C5CC5)c4)C3)nc(C34CC(C(F)(F)F)(C3)C4)c2n1C. The zero-order valence-electron chi connectivity index (χ0n) is 20.7. The summed E-state index contributed by atoms with van der Waals surface area (Å²) in [5, 5.41) is 4.51. The normalized spacial score (nSPS) is 31.8. The van der Waals surface area contributed by atoms with Crippen LogP contribution in [-0.4, -0.2) is 56.2 Å². The van der Waals surface area contributed by atoms with Crippen LogP contribution in [0.15, 0.2) is 12.4 Å². The Bertz CT molecular complexity index is 1340. The van der Waals surface area contributed by atoms with Crippen LogP contribution >= 0.6 is 0 Å². The summed E-state index contributed by atoms with van der Waals surface area (Å²) in [6.07, 6.45) is 3.86. The lowest BCUT2D eigenvalue weighted by Crippen LogP contribution is -2.70. The Morgan fingerprint density at radius 1 is 1.08 bits per heavy atom. The number of alkyl halides is 3. The third-order valence-electron chi connectivity index (χ3n) is 8.82. The second kappa shape index (κ2) is 7.20. The van der Waals surface area contributed by atoms with Crippen LogP contribution in [0.3, 0.4) is 0 Å². The maximum absolute atomic E-state index is 13.7. The first-order chi connectivity index (χ1) is 17.1. The van der Waals surface area contributed by atoms with Gasteiger partial charge < -0.3 is 14.2 Å². The quantitative estimate of drug-likeness (QED) is 0.510. The minimum Gasteiger partial charge on any atom is -0.373 e. The molecule has 0 unspecified atom stereocenters. The predicted octanol–water partition coefficient (Wildman–Crippen LogP) is 4.58. The van der Waals surface area contributed by atoms with Crippen LogP contribution in [0.2, 0.25) is 0 Å². The molecule has 8 rings (SSSR count). The minimum absolute atomic E-state index is 0.0462. The van der Waals surface area contributed by atoms with Gasteiger partial charge in [0.25, 0.3) is 0 Å². The molecule has 3 aromatic rings. The second-order valence-electron chi connectivity index (χ2n) is 11.6. The molecule has 4 saturated carbocycles. The average Bonchev–Trinajstić information content (AvgIpc) is 3.39. The fourth-order valence-corrected chi connectivity index (χ4v) is 6.73. The largest absolute Gasteiger partial charge is 0.394 e. The van der Waals surface area contributed by atoms with Gasteiger partial charge in [-0.25, -0.2) is 9.97 Å². The first-order valence-electron chi connectivity index (χ1n) is 12.7. The molecule has 0 radical (unpaired) electrons. The van der Waals surface area contributed by atoms with Crippen LogP contribution < -0.4 is 4.90 Å². The molecule has 192 valence electrons. The molecular formula is C25H30F3N7O. The van der Waals surface area contributed by atoms with Crippen molar-refractivity contribution in [3.05, 3.63) is 29.5 Å². The fraction of sp³-hybridized carbons (Fsp3) is 0.680. The number of halogens is 3. The van der Waals surface area contributed by atoms with Gasteiger partial charge in [0.05, 0.1) is 29.5 Å². The number of hydrogen-bond acceptors (Lipinski definition) is 6. The van der Waals surface area contributed by atoms with Gasteiger partial charge in [0.2, 0.25) is 5.95 Å². The summed E-state index contributed by atoms with van der Waals surface area (Å²) in [7, 11) is 5.70. The smallest absolute Gasteiger partial charge is 0.373 e. The summed E-state index contributed by atoms with van der Waals surface area (Å²) in [5.41, 5.74) is 1.04. The van der Waals surface area contributed by atoms with E-state index in [4.69, 9.17) is 19.7 Å². The molecular weight excluding hydrogens is 471 g/mol. The molecule has 0 N–H and O–H groups in total. The highest BCUT2D eigenvalue weighted by molar-refractivity contribution is 5.79. The van der Waals surface area contributed by atoms with E-state index in [1.807, 2.05) is 41.5 Å². The molecule has 0 aromatic carbocycles. The van der Waals surface area contributed by atoms with E-state index in [0.29, 0.717) is 36.5 Å². The average molecular weight is 502 g/mol. The van der Waals surface area contributed by atoms with Crippen LogP contribution in [0.5, 0.6) is 0 Å². The van der Waals surface area contributed by atoms with E-state index >= 15 is 0 Å².